The predicted molar refractivity (Wildman–Crippen MR) is 80.0 cm³/mol. The molecule has 108 valence electrons. The van der Waals surface area contributed by atoms with E-state index in [0.717, 1.165) is 60.3 Å². The fraction of sp³-hybridized carbons (Fsp3) is 0.769. The van der Waals surface area contributed by atoms with Crippen LogP contribution in [0.5, 0.6) is 0 Å². The van der Waals surface area contributed by atoms with Gasteiger partial charge in [0.1, 0.15) is 0 Å². The molecule has 1 fully saturated rings. The van der Waals surface area contributed by atoms with E-state index in [1.165, 1.54) is 0 Å². The molecule has 0 bridgehead atoms. The van der Waals surface area contributed by atoms with Crippen molar-refractivity contribution in [1.82, 2.24) is 15.1 Å². The van der Waals surface area contributed by atoms with Crippen molar-refractivity contribution in [1.29, 1.82) is 0 Å². The first-order valence-electron chi connectivity index (χ1n) is 6.98. The molecule has 1 aromatic heterocycles. The van der Waals surface area contributed by atoms with Crippen molar-refractivity contribution in [2.24, 2.45) is 0 Å². The molecule has 0 aromatic carbocycles. The Morgan fingerprint density at radius 1 is 1.42 bits per heavy atom. The maximum absolute atomic E-state index is 11.3. The van der Waals surface area contributed by atoms with E-state index in [-0.39, 0.29) is 0 Å². The smallest absolute Gasteiger partial charge is 0.0863 e. The van der Waals surface area contributed by atoms with Gasteiger partial charge in [0, 0.05) is 41.4 Å². The number of hydrogen-bond donors (Lipinski definition) is 1. The van der Waals surface area contributed by atoms with Crippen molar-refractivity contribution in [3.8, 4) is 0 Å². The van der Waals surface area contributed by atoms with Gasteiger partial charge < -0.3 is 5.32 Å². The first-order valence-corrected chi connectivity index (χ1v) is 8.84. The van der Waals surface area contributed by atoms with Gasteiger partial charge in [0.25, 0.3) is 0 Å². The van der Waals surface area contributed by atoms with Crippen LogP contribution in [0.2, 0.25) is 5.02 Å². The lowest BCUT2D eigenvalue weighted by Gasteiger charge is -2.22. The van der Waals surface area contributed by atoms with Crippen molar-refractivity contribution < 1.29 is 4.21 Å². The zero-order valence-electron chi connectivity index (χ0n) is 11.6. The van der Waals surface area contributed by atoms with Gasteiger partial charge in [-0.3, -0.25) is 8.89 Å². The van der Waals surface area contributed by atoms with E-state index >= 15 is 0 Å². The summed E-state index contributed by atoms with van der Waals surface area (Å²) in [5, 5.41) is 8.85. The molecule has 2 heterocycles. The summed E-state index contributed by atoms with van der Waals surface area (Å²) in [5.74, 6) is 1.64. The van der Waals surface area contributed by atoms with Crippen LogP contribution in [0.3, 0.4) is 0 Å². The van der Waals surface area contributed by atoms with E-state index in [2.05, 4.69) is 24.3 Å². The highest BCUT2D eigenvalue weighted by molar-refractivity contribution is 7.85. The van der Waals surface area contributed by atoms with Crippen LogP contribution in [0.1, 0.15) is 38.1 Å². The Balaban J connectivity index is 1.98. The molecule has 1 saturated heterocycles. The van der Waals surface area contributed by atoms with Gasteiger partial charge in [-0.15, -0.1) is 0 Å². The first-order chi connectivity index (χ1) is 9.15. The Labute approximate surface area is 122 Å². The molecule has 2 rings (SSSR count). The Hall–Kier alpha value is -0.390. The molecule has 1 aliphatic rings. The number of halogens is 1. The molecule has 6 heteroatoms. The Morgan fingerprint density at radius 3 is 2.68 bits per heavy atom. The van der Waals surface area contributed by atoms with Gasteiger partial charge in [-0.1, -0.05) is 18.5 Å². The zero-order chi connectivity index (χ0) is 13.8. The average molecular weight is 304 g/mol. The van der Waals surface area contributed by atoms with Gasteiger partial charge in [0.05, 0.1) is 16.4 Å². The van der Waals surface area contributed by atoms with Gasteiger partial charge >= 0.3 is 0 Å². The number of rotatable bonds is 5. The molecule has 1 N–H and O–H groups in total. The minimum Gasteiger partial charge on any atom is -0.308 e. The van der Waals surface area contributed by atoms with Gasteiger partial charge in [0.15, 0.2) is 0 Å². The fourth-order valence-electron chi connectivity index (χ4n) is 2.43. The maximum atomic E-state index is 11.3. The van der Waals surface area contributed by atoms with E-state index in [1.54, 1.807) is 0 Å². The van der Waals surface area contributed by atoms with E-state index < -0.39 is 10.8 Å². The minimum atomic E-state index is -0.600. The molecular weight excluding hydrogens is 282 g/mol. The van der Waals surface area contributed by atoms with Gasteiger partial charge in [-0.2, -0.15) is 5.10 Å². The summed E-state index contributed by atoms with van der Waals surface area (Å²) in [5.41, 5.74) is 2.05. The van der Waals surface area contributed by atoms with Crippen LogP contribution in [0.25, 0.3) is 0 Å². The number of aromatic nitrogens is 2. The third kappa shape index (κ3) is 3.58. The molecular formula is C13H22ClN3OS. The molecule has 0 aliphatic carbocycles. The van der Waals surface area contributed by atoms with Crippen LogP contribution >= 0.6 is 11.6 Å². The molecule has 0 radical (unpaired) electrons. The molecule has 0 atom stereocenters. The third-order valence-electron chi connectivity index (χ3n) is 3.64. The first kappa shape index (κ1) is 15.0. The summed E-state index contributed by atoms with van der Waals surface area (Å²) in [7, 11) is -0.600. The summed E-state index contributed by atoms with van der Waals surface area (Å²) >= 11 is 6.38. The second kappa shape index (κ2) is 6.86. The van der Waals surface area contributed by atoms with Crippen LogP contribution < -0.4 is 5.32 Å². The maximum Gasteiger partial charge on any atom is 0.0863 e. The van der Waals surface area contributed by atoms with Crippen molar-refractivity contribution in [2.45, 2.75) is 52.2 Å². The highest BCUT2D eigenvalue weighted by Gasteiger charge is 2.19. The second-order valence-electron chi connectivity index (χ2n) is 4.88. The van der Waals surface area contributed by atoms with Crippen LogP contribution in [0.4, 0.5) is 0 Å². The van der Waals surface area contributed by atoms with Gasteiger partial charge in [-0.05, 0) is 26.2 Å². The van der Waals surface area contributed by atoms with E-state index in [9.17, 15) is 4.21 Å². The summed E-state index contributed by atoms with van der Waals surface area (Å²) in [6, 6.07) is 0.457. The molecule has 1 aromatic rings. The Bertz CT molecular complexity index is 451. The lowest BCUT2D eigenvalue weighted by atomic mass is 10.1. The molecule has 1 aliphatic heterocycles. The SMILES string of the molecule is CCc1nn(CC)c(CNC2CCS(=O)CC2)c1Cl. The van der Waals surface area contributed by atoms with Crippen molar-refractivity contribution >= 4 is 22.4 Å². The summed E-state index contributed by atoms with van der Waals surface area (Å²) < 4.78 is 13.3. The topological polar surface area (TPSA) is 46.9 Å². The van der Waals surface area contributed by atoms with Gasteiger partial charge in [0.2, 0.25) is 0 Å². The standard InChI is InChI=1S/C13H22ClN3OS/c1-3-11-13(14)12(17(4-2)16-11)9-15-10-5-7-19(18)8-6-10/h10,15H,3-9H2,1-2H3. The van der Waals surface area contributed by atoms with Gasteiger partial charge in [-0.25, -0.2) is 0 Å². The predicted octanol–water partition coefficient (Wildman–Crippen LogP) is 2.12. The summed E-state index contributed by atoms with van der Waals surface area (Å²) in [4.78, 5) is 0. The molecule has 0 unspecified atom stereocenters. The number of aryl methyl sites for hydroxylation is 2. The fourth-order valence-corrected chi connectivity index (χ4v) is 4.06. The van der Waals surface area contributed by atoms with Crippen molar-refractivity contribution in [2.75, 3.05) is 11.5 Å². The highest BCUT2D eigenvalue weighted by atomic mass is 35.5. The molecule has 19 heavy (non-hydrogen) atoms. The van der Waals surface area contributed by atoms with Crippen molar-refractivity contribution in [3.63, 3.8) is 0 Å². The van der Waals surface area contributed by atoms with Crippen LogP contribution in [0, 0.1) is 0 Å². The third-order valence-corrected chi connectivity index (χ3v) is 5.46. The molecule has 0 spiro atoms. The van der Waals surface area contributed by atoms with E-state index in [1.807, 2.05) is 4.68 Å². The molecule has 4 nitrogen and oxygen atoms in total. The normalized spacial score (nSPS) is 23.7. The number of nitrogens with zero attached hydrogens (tertiary/aromatic N) is 2. The molecule has 0 saturated carbocycles. The van der Waals surface area contributed by atoms with Crippen LogP contribution in [-0.2, 0) is 30.3 Å². The van der Waals surface area contributed by atoms with E-state index in [0.29, 0.717) is 6.04 Å². The lowest BCUT2D eigenvalue weighted by Crippen LogP contribution is -2.35. The Morgan fingerprint density at radius 2 is 2.11 bits per heavy atom. The monoisotopic (exact) mass is 303 g/mol. The summed E-state index contributed by atoms with van der Waals surface area (Å²) in [6.07, 6.45) is 2.84. The Kier molecular flexibility index (Phi) is 5.42. The highest BCUT2D eigenvalue weighted by Crippen LogP contribution is 2.22. The minimum absolute atomic E-state index is 0.457. The van der Waals surface area contributed by atoms with Crippen molar-refractivity contribution in [3.05, 3.63) is 16.4 Å². The lowest BCUT2D eigenvalue weighted by molar-refractivity contribution is 0.460. The largest absolute Gasteiger partial charge is 0.308 e. The number of hydrogen-bond acceptors (Lipinski definition) is 3. The molecule has 0 amide bonds. The van der Waals surface area contributed by atoms with Crippen LogP contribution in [-0.4, -0.2) is 31.5 Å². The second-order valence-corrected chi connectivity index (χ2v) is 6.95. The average Bonchev–Trinajstić information content (AvgIpc) is 2.74. The quantitative estimate of drug-likeness (QED) is 0.906. The van der Waals surface area contributed by atoms with E-state index in [4.69, 9.17) is 11.6 Å². The zero-order valence-corrected chi connectivity index (χ0v) is 13.2. The number of nitrogens with one attached hydrogen (secondary N) is 1. The summed E-state index contributed by atoms with van der Waals surface area (Å²) in [6.45, 7) is 5.74. The van der Waals surface area contributed by atoms with Crippen LogP contribution in [0.15, 0.2) is 0 Å².